The monoisotopic (exact) mass is 330 g/mol. The summed E-state index contributed by atoms with van der Waals surface area (Å²) in [5.74, 6) is 0.574. The van der Waals surface area contributed by atoms with Crippen LogP contribution in [0.4, 0.5) is 11.5 Å². The molecule has 1 aliphatic carbocycles. The van der Waals surface area contributed by atoms with Crippen molar-refractivity contribution < 1.29 is 9.59 Å². The number of anilines is 2. The largest absolute Gasteiger partial charge is 0.324 e. The Morgan fingerprint density at radius 2 is 2.09 bits per heavy atom. The van der Waals surface area contributed by atoms with Gasteiger partial charge in [-0.05, 0) is 31.4 Å². The Bertz CT molecular complexity index is 666. The minimum atomic E-state index is -0.100. The van der Waals surface area contributed by atoms with Crippen molar-refractivity contribution in [2.75, 3.05) is 10.6 Å². The summed E-state index contributed by atoms with van der Waals surface area (Å²) in [6.07, 6.45) is 5.60. The average molecular weight is 330 g/mol. The molecule has 6 nitrogen and oxygen atoms in total. The molecule has 1 fully saturated rings. The van der Waals surface area contributed by atoms with Crippen LogP contribution in [-0.2, 0) is 16.0 Å². The molecule has 2 N–H and O–H groups in total. The topological polar surface area (TPSA) is 84.0 Å². The molecular formula is C16H18N4O2S. The van der Waals surface area contributed by atoms with Gasteiger partial charge in [-0.2, -0.15) is 0 Å². The van der Waals surface area contributed by atoms with Gasteiger partial charge < -0.3 is 10.6 Å². The number of aryl methyl sites for hydroxylation is 1. The summed E-state index contributed by atoms with van der Waals surface area (Å²) < 4.78 is 0. The van der Waals surface area contributed by atoms with Gasteiger partial charge in [0.05, 0.1) is 23.1 Å². The third-order valence-electron chi connectivity index (χ3n) is 3.87. The van der Waals surface area contributed by atoms with Gasteiger partial charge in [0.1, 0.15) is 5.82 Å². The molecule has 0 spiro atoms. The average Bonchev–Trinajstić information content (AvgIpc) is 2.99. The Labute approximate surface area is 138 Å². The second kappa shape index (κ2) is 7.32. The number of hydrogen-bond donors (Lipinski definition) is 2. The summed E-state index contributed by atoms with van der Waals surface area (Å²) in [6, 6.07) is 3.44. The molecule has 2 heterocycles. The van der Waals surface area contributed by atoms with Gasteiger partial charge in [0, 0.05) is 17.7 Å². The van der Waals surface area contributed by atoms with E-state index in [9.17, 15) is 9.59 Å². The number of hydrogen-bond acceptors (Lipinski definition) is 5. The van der Waals surface area contributed by atoms with Crippen LogP contribution in [0.25, 0.3) is 0 Å². The maximum absolute atomic E-state index is 11.9. The van der Waals surface area contributed by atoms with Crippen molar-refractivity contribution in [1.82, 2.24) is 9.97 Å². The summed E-state index contributed by atoms with van der Waals surface area (Å²) >= 11 is 1.52. The molecule has 2 aromatic rings. The highest BCUT2D eigenvalue weighted by Crippen LogP contribution is 2.27. The van der Waals surface area contributed by atoms with Crippen LogP contribution in [0.5, 0.6) is 0 Å². The molecule has 3 rings (SSSR count). The molecule has 0 bridgehead atoms. The molecule has 0 unspecified atom stereocenters. The van der Waals surface area contributed by atoms with Gasteiger partial charge in [-0.15, -0.1) is 11.3 Å². The van der Waals surface area contributed by atoms with Gasteiger partial charge in [0.2, 0.25) is 11.8 Å². The molecule has 1 saturated carbocycles. The molecule has 2 amide bonds. The smallest absolute Gasteiger partial charge is 0.227 e. The quantitative estimate of drug-likeness (QED) is 0.853. The number of thiazole rings is 1. The van der Waals surface area contributed by atoms with Crippen LogP contribution in [0, 0.1) is 5.92 Å². The van der Waals surface area contributed by atoms with E-state index in [4.69, 9.17) is 0 Å². The van der Waals surface area contributed by atoms with Gasteiger partial charge in [-0.1, -0.05) is 6.42 Å². The SMILES string of the molecule is O=C(CCc1cscn1)Nc1ccc(NC(=O)C2CCC2)cn1. The van der Waals surface area contributed by atoms with Crippen LogP contribution in [0.15, 0.2) is 29.2 Å². The summed E-state index contributed by atoms with van der Waals surface area (Å²) in [4.78, 5) is 32.0. The minimum Gasteiger partial charge on any atom is -0.324 e. The zero-order valence-corrected chi connectivity index (χ0v) is 13.4. The molecule has 0 atom stereocenters. The highest BCUT2D eigenvalue weighted by Gasteiger charge is 2.25. The van der Waals surface area contributed by atoms with Gasteiger partial charge >= 0.3 is 0 Å². The van der Waals surface area contributed by atoms with E-state index >= 15 is 0 Å². The second-order valence-corrected chi connectivity index (χ2v) is 6.30. The lowest BCUT2D eigenvalue weighted by molar-refractivity contribution is -0.122. The summed E-state index contributed by atoms with van der Waals surface area (Å²) in [7, 11) is 0. The number of amides is 2. The van der Waals surface area contributed by atoms with Gasteiger partial charge in [-0.25, -0.2) is 9.97 Å². The number of pyridine rings is 1. The lowest BCUT2D eigenvalue weighted by atomic mass is 9.85. The van der Waals surface area contributed by atoms with Crippen molar-refractivity contribution in [3.63, 3.8) is 0 Å². The normalized spacial score (nSPS) is 14.1. The van der Waals surface area contributed by atoms with Gasteiger partial charge in [0.15, 0.2) is 0 Å². The predicted molar refractivity (Wildman–Crippen MR) is 89.3 cm³/mol. The van der Waals surface area contributed by atoms with Gasteiger partial charge in [-0.3, -0.25) is 9.59 Å². The predicted octanol–water partition coefficient (Wildman–Crippen LogP) is 2.85. The number of rotatable bonds is 6. The molecule has 0 saturated heterocycles. The zero-order valence-electron chi connectivity index (χ0n) is 12.6. The molecule has 1 aliphatic rings. The first-order valence-electron chi connectivity index (χ1n) is 7.64. The van der Waals surface area contributed by atoms with E-state index in [1.807, 2.05) is 5.38 Å². The van der Waals surface area contributed by atoms with E-state index < -0.39 is 0 Å². The number of carbonyl (C=O) groups excluding carboxylic acids is 2. The maximum atomic E-state index is 11.9. The van der Waals surface area contributed by atoms with E-state index in [2.05, 4.69) is 20.6 Å². The standard InChI is InChI=1S/C16H18N4O2S/c21-15(7-5-13-9-23-10-18-13)20-14-6-4-12(8-17-14)19-16(22)11-2-1-3-11/h4,6,8-11H,1-3,5,7H2,(H,19,22)(H,17,20,21). The third kappa shape index (κ3) is 4.35. The van der Waals surface area contributed by atoms with Crippen molar-refractivity contribution in [3.05, 3.63) is 34.9 Å². The molecule has 120 valence electrons. The Morgan fingerprint density at radius 1 is 1.22 bits per heavy atom. The van der Waals surface area contributed by atoms with Crippen molar-refractivity contribution in [3.8, 4) is 0 Å². The Balaban J connectivity index is 1.46. The van der Waals surface area contributed by atoms with Crippen molar-refractivity contribution >= 4 is 34.7 Å². The van der Waals surface area contributed by atoms with Crippen molar-refractivity contribution in [1.29, 1.82) is 0 Å². The first kappa shape index (κ1) is 15.6. The first-order valence-corrected chi connectivity index (χ1v) is 8.59. The molecule has 23 heavy (non-hydrogen) atoms. The number of nitrogens with zero attached hydrogens (tertiary/aromatic N) is 2. The van der Waals surface area contributed by atoms with Gasteiger partial charge in [0.25, 0.3) is 0 Å². The fraction of sp³-hybridized carbons (Fsp3) is 0.375. The fourth-order valence-electron chi connectivity index (χ4n) is 2.26. The van der Waals surface area contributed by atoms with E-state index in [1.54, 1.807) is 23.8 Å². The van der Waals surface area contributed by atoms with E-state index in [0.717, 1.165) is 25.0 Å². The maximum Gasteiger partial charge on any atom is 0.227 e. The van der Waals surface area contributed by atoms with Crippen LogP contribution in [0.2, 0.25) is 0 Å². The van der Waals surface area contributed by atoms with E-state index in [1.165, 1.54) is 11.3 Å². The molecule has 0 radical (unpaired) electrons. The Kier molecular flexibility index (Phi) is 4.97. The van der Waals surface area contributed by atoms with Crippen molar-refractivity contribution in [2.45, 2.75) is 32.1 Å². The minimum absolute atomic E-state index is 0.0538. The zero-order chi connectivity index (χ0) is 16.1. The molecule has 0 aliphatic heterocycles. The summed E-state index contributed by atoms with van der Waals surface area (Å²) in [5, 5.41) is 7.53. The fourth-order valence-corrected chi connectivity index (χ4v) is 2.86. The summed E-state index contributed by atoms with van der Waals surface area (Å²) in [5.41, 5.74) is 3.33. The third-order valence-corrected chi connectivity index (χ3v) is 4.50. The first-order chi connectivity index (χ1) is 11.2. The van der Waals surface area contributed by atoms with E-state index in [0.29, 0.717) is 24.3 Å². The van der Waals surface area contributed by atoms with Crippen LogP contribution in [0.3, 0.4) is 0 Å². The van der Waals surface area contributed by atoms with Crippen LogP contribution in [0.1, 0.15) is 31.4 Å². The number of carbonyl (C=O) groups is 2. The Morgan fingerprint density at radius 3 is 2.70 bits per heavy atom. The van der Waals surface area contributed by atoms with Crippen LogP contribution >= 0.6 is 11.3 Å². The molecule has 2 aromatic heterocycles. The lowest BCUT2D eigenvalue weighted by Gasteiger charge is -2.23. The number of aromatic nitrogens is 2. The molecule has 0 aromatic carbocycles. The summed E-state index contributed by atoms with van der Waals surface area (Å²) in [6.45, 7) is 0. The number of nitrogens with one attached hydrogen (secondary N) is 2. The van der Waals surface area contributed by atoms with E-state index in [-0.39, 0.29) is 17.7 Å². The van der Waals surface area contributed by atoms with Crippen LogP contribution in [-0.4, -0.2) is 21.8 Å². The molecular weight excluding hydrogens is 312 g/mol. The molecule has 7 heteroatoms. The van der Waals surface area contributed by atoms with Crippen LogP contribution < -0.4 is 10.6 Å². The Hall–Kier alpha value is -2.28. The second-order valence-electron chi connectivity index (χ2n) is 5.58. The highest BCUT2D eigenvalue weighted by molar-refractivity contribution is 7.07. The van der Waals surface area contributed by atoms with Crippen molar-refractivity contribution in [2.24, 2.45) is 5.92 Å². The lowest BCUT2D eigenvalue weighted by Crippen LogP contribution is -2.28. The highest BCUT2D eigenvalue weighted by atomic mass is 32.1.